The normalized spacial score (nSPS) is 20.6. The van der Waals surface area contributed by atoms with Crippen LogP contribution in [-0.4, -0.2) is 39.1 Å². The third kappa shape index (κ3) is 2.42. The maximum absolute atomic E-state index is 11.8. The lowest BCUT2D eigenvalue weighted by Crippen LogP contribution is -2.22. The van der Waals surface area contributed by atoms with E-state index in [1.165, 1.54) is 11.3 Å². The standard InChI is InChI=1S/C15H18N4O3S2/c1-2-8-9-10(13(20)21)18-19(7-3-5-22-6-4-7)12(9)11-14(23-8)24-15(16)17-11/h7-8H,2-6H2,1H3,(H2,16,17)(H,20,21). The third-order valence-electron chi connectivity index (χ3n) is 4.47. The summed E-state index contributed by atoms with van der Waals surface area (Å²) < 4.78 is 8.37. The van der Waals surface area contributed by atoms with Gasteiger partial charge in [-0.05, 0) is 19.3 Å². The van der Waals surface area contributed by atoms with Crippen molar-refractivity contribution < 1.29 is 14.6 Å². The Labute approximate surface area is 147 Å². The molecule has 128 valence electrons. The van der Waals surface area contributed by atoms with Gasteiger partial charge in [0.25, 0.3) is 0 Å². The van der Waals surface area contributed by atoms with E-state index in [0.717, 1.165) is 40.4 Å². The van der Waals surface area contributed by atoms with Crippen molar-refractivity contribution in [2.24, 2.45) is 0 Å². The van der Waals surface area contributed by atoms with Gasteiger partial charge in [-0.2, -0.15) is 5.10 Å². The van der Waals surface area contributed by atoms with E-state index in [0.29, 0.717) is 18.3 Å². The van der Waals surface area contributed by atoms with Crippen molar-refractivity contribution in [2.45, 2.75) is 41.7 Å². The van der Waals surface area contributed by atoms with E-state index in [1.54, 1.807) is 11.8 Å². The van der Waals surface area contributed by atoms with Crippen LogP contribution in [-0.2, 0) is 4.74 Å². The predicted octanol–water partition coefficient (Wildman–Crippen LogP) is 3.20. The van der Waals surface area contributed by atoms with Crippen molar-refractivity contribution >= 4 is 34.2 Å². The lowest BCUT2D eigenvalue weighted by atomic mass is 10.0. The molecule has 2 aliphatic heterocycles. The molecule has 0 saturated carbocycles. The number of fused-ring (bicyclic) bond motifs is 3. The van der Waals surface area contributed by atoms with Crippen LogP contribution in [0.15, 0.2) is 4.21 Å². The monoisotopic (exact) mass is 366 g/mol. The molecule has 0 radical (unpaired) electrons. The number of nitrogen functional groups attached to an aromatic ring is 1. The highest BCUT2D eigenvalue weighted by molar-refractivity contribution is 8.01. The van der Waals surface area contributed by atoms with Gasteiger partial charge in [0, 0.05) is 24.0 Å². The second-order valence-electron chi connectivity index (χ2n) is 5.91. The number of hydrogen-bond acceptors (Lipinski definition) is 7. The van der Waals surface area contributed by atoms with Crippen LogP contribution in [0.2, 0.25) is 0 Å². The van der Waals surface area contributed by atoms with Crippen LogP contribution >= 0.6 is 23.1 Å². The smallest absolute Gasteiger partial charge is 0.356 e. The Kier molecular flexibility index (Phi) is 4.01. The fourth-order valence-corrected chi connectivity index (χ4v) is 5.75. The molecule has 1 fully saturated rings. The fourth-order valence-electron chi connectivity index (χ4n) is 3.37. The zero-order chi connectivity index (χ0) is 16.8. The Balaban J connectivity index is 1.95. The van der Waals surface area contributed by atoms with E-state index in [1.807, 2.05) is 4.68 Å². The first-order valence-electron chi connectivity index (χ1n) is 7.96. The number of carboxylic acids is 1. The highest BCUT2D eigenvalue weighted by Crippen LogP contribution is 2.54. The van der Waals surface area contributed by atoms with Crippen molar-refractivity contribution in [3.63, 3.8) is 0 Å². The van der Waals surface area contributed by atoms with Crippen LogP contribution in [0.5, 0.6) is 0 Å². The van der Waals surface area contributed by atoms with E-state index >= 15 is 0 Å². The first-order valence-corrected chi connectivity index (χ1v) is 9.66. The number of thiazole rings is 1. The summed E-state index contributed by atoms with van der Waals surface area (Å²) in [5, 5.41) is 14.7. The summed E-state index contributed by atoms with van der Waals surface area (Å²) in [4.78, 5) is 16.3. The van der Waals surface area contributed by atoms with Crippen molar-refractivity contribution in [1.82, 2.24) is 14.8 Å². The van der Waals surface area contributed by atoms with Crippen molar-refractivity contribution in [2.75, 3.05) is 18.9 Å². The summed E-state index contributed by atoms with van der Waals surface area (Å²) >= 11 is 3.11. The summed E-state index contributed by atoms with van der Waals surface area (Å²) in [5.41, 5.74) is 8.49. The lowest BCUT2D eigenvalue weighted by molar-refractivity contribution is 0.0648. The Morgan fingerprint density at radius 1 is 1.46 bits per heavy atom. The van der Waals surface area contributed by atoms with E-state index < -0.39 is 5.97 Å². The molecule has 0 bridgehead atoms. The van der Waals surface area contributed by atoms with Crippen LogP contribution in [0.4, 0.5) is 5.13 Å². The van der Waals surface area contributed by atoms with Crippen molar-refractivity contribution in [1.29, 1.82) is 0 Å². The van der Waals surface area contributed by atoms with Gasteiger partial charge in [0.15, 0.2) is 10.8 Å². The van der Waals surface area contributed by atoms with Crippen molar-refractivity contribution in [3.8, 4) is 11.4 Å². The maximum atomic E-state index is 11.8. The van der Waals surface area contributed by atoms with Crippen LogP contribution in [0.3, 0.4) is 0 Å². The largest absolute Gasteiger partial charge is 0.476 e. The minimum Gasteiger partial charge on any atom is -0.476 e. The Hall–Kier alpha value is -1.58. The topological polar surface area (TPSA) is 103 Å². The number of nitrogens with zero attached hydrogens (tertiary/aromatic N) is 3. The molecule has 0 spiro atoms. The number of rotatable bonds is 3. The van der Waals surface area contributed by atoms with E-state index in [4.69, 9.17) is 10.5 Å². The Morgan fingerprint density at radius 3 is 2.88 bits per heavy atom. The highest BCUT2D eigenvalue weighted by Gasteiger charge is 2.38. The number of hydrogen-bond donors (Lipinski definition) is 2. The zero-order valence-electron chi connectivity index (χ0n) is 13.2. The molecular formula is C15H18N4O3S2. The van der Waals surface area contributed by atoms with Crippen LogP contribution in [0.25, 0.3) is 11.4 Å². The second-order valence-corrected chi connectivity index (χ2v) is 8.41. The Morgan fingerprint density at radius 2 is 2.21 bits per heavy atom. The van der Waals surface area contributed by atoms with Gasteiger partial charge in [-0.25, -0.2) is 9.78 Å². The van der Waals surface area contributed by atoms with Crippen molar-refractivity contribution in [3.05, 3.63) is 11.3 Å². The molecule has 2 aromatic rings. The average molecular weight is 366 g/mol. The molecule has 24 heavy (non-hydrogen) atoms. The minimum absolute atomic E-state index is 0.0621. The maximum Gasteiger partial charge on any atom is 0.356 e. The Bertz CT molecular complexity index is 795. The molecule has 0 aromatic carbocycles. The average Bonchev–Trinajstić information content (AvgIpc) is 3.14. The number of carbonyl (C=O) groups is 1. The van der Waals surface area contributed by atoms with Gasteiger partial charge in [-0.1, -0.05) is 18.3 Å². The number of aromatic nitrogens is 3. The first-order chi connectivity index (χ1) is 11.6. The number of aromatic carboxylic acids is 1. The molecule has 0 aliphatic carbocycles. The predicted molar refractivity (Wildman–Crippen MR) is 92.7 cm³/mol. The summed E-state index contributed by atoms with van der Waals surface area (Å²) in [6, 6.07) is 0.136. The van der Waals surface area contributed by atoms with Gasteiger partial charge >= 0.3 is 5.97 Å². The highest BCUT2D eigenvalue weighted by atomic mass is 32.2. The molecule has 0 amide bonds. The molecule has 1 saturated heterocycles. The number of carboxylic acid groups (broad SMARTS) is 1. The molecule has 2 aromatic heterocycles. The van der Waals surface area contributed by atoms with Crippen LogP contribution < -0.4 is 5.73 Å². The molecule has 4 rings (SSSR count). The molecule has 2 aliphatic rings. The SMILES string of the molecule is CCC1Sc2sc(N)nc2-c2c1c(C(=O)O)nn2C1CCOCC1. The number of ether oxygens (including phenoxy) is 1. The van der Waals surface area contributed by atoms with Gasteiger partial charge < -0.3 is 15.6 Å². The second kappa shape index (κ2) is 6.05. The van der Waals surface area contributed by atoms with Crippen LogP contribution in [0, 0.1) is 0 Å². The molecule has 1 atom stereocenters. The minimum atomic E-state index is -0.984. The number of thioether (sulfide) groups is 1. The summed E-state index contributed by atoms with van der Waals surface area (Å²) in [5.74, 6) is -0.984. The van der Waals surface area contributed by atoms with E-state index in [2.05, 4.69) is 17.0 Å². The van der Waals surface area contributed by atoms with Gasteiger partial charge in [-0.3, -0.25) is 4.68 Å². The molecule has 1 unspecified atom stereocenters. The van der Waals surface area contributed by atoms with Crippen LogP contribution in [0.1, 0.15) is 53.5 Å². The lowest BCUT2D eigenvalue weighted by Gasteiger charge is -2.26. The summed E-state index contributed by atoms with van der Waals surface area (Å²) in [6.07, 6.45) is 2.48. The number of nitrogens with two attached hydrogens (primary N) is 1. The quantitative estimate of drug-likeness (QED) is 0.859. The molecule has 3 N–H and O–H groups in total. The zero-order valence-corrected chi connectivity index (χ0v) is 14.8. The fraction of sp³-hybridized carbons (Fsp3) is 0.533. The number of anilines is 1. The molecular weight excluding hydrogens is 348 g/mol. The van der Waals surface area contributed by atoms with Gasteiger partial charge in [0.05, 0.1) is 15.9 Å². The van der Waals surface area contributed by atoms with Gasteiger partial charge in [-0.15, -0.1) is 11.8 Å². The summed E-state index contributed by atoms with van der Waals surface area (Å²) in [6.45, 7) is 3.40. The molecule has 9 heteroatoms. The molecule has 4 heterocycles. The molecule has 7 nitrogen and oxygen atoms in total. The van der Waals surface area contributed by atoms with E-state index in [-0.39, 0.29) is 17.0 Å². The van der Waals surface area contributed by atoms with E-state index in [9.17, 15) is 9.90 Å². The van der Waals surface area contributed by atoms with Gasteiger partial charge in [0.1, 0.15) is 5.69 Å². The first kappa shape index (κ1) is 15.9. The third-order valence-corrected chi connectivity index (χ3v) is 6.94. The summed E-state index contributed by atoms with van der Waals surface area (Å²) in [7, 11) is 0. The van der Waals surface area contributed by atoms with Gasteiger partial charge in [0.2, 0.25) is 0 Å².